The average Bonchev–Trinajstić information content (AvgIpc) is 3.09. The van der Waals surface area contributed by atoms with Gasteiger partial charge in [-0.15, -0.1) is 0 Å². The van der Waals surface area contributed by atoms with Crippen LogP contribution >= 0.6 is 11.6 Å². The zero-order valence-corrected chi connectivity index (χ0v) is 19.3. The van der Waals surface area contributed by atoms with Crippen LogP contribution in [-0.4, -0.2) is 40.1 Å². The van der Waals surface area contributed by atoms with Gasteiger partial charge < -0.3 is 10.1 Å². The summed E-state index contributed by atoms with van der Waals surface area (Å²) in [6.07, 6.45) is 1.54. The van der Waals surface area contributed by atoms with Crippen LogP contribution in [0.1, 0.15) is 37.4 Å². The molecule has 182 valence electrons. The first-order chi connectivity index (χ1) is 16.8. The first kappa shape index (κ1) is 24.3. The maximum Gasteiger partial charge on any atom is 0.327 e. The van der Waals surface area contributed by atoms with Crippen LogP contribution in [0.2, 0.25) is 5.02 Å². The number of likely N-dealkylation sites (tertiary alicyclic amines) is 1. The summed E-state index contributed by atoms with van der Waals surface area (Å²) in [5, 5.41) is 13.4. The van der Waals surface area contributed by atoms with Crippen molar-refractivity contribution < 1.29 is 28.8 Å². The van der Waals surface area contributed by atoms with Crippen LogP contribution in [0.4, 0.5) is 11.4 Å². The predicted molar refractivity (Wildman–Crippen MR) is 124 cm³/mol. The molecule has 1 aliphatic heterocycles. The smallest absolute Gasteiger partial charge is 0.327 e. The third kappa shape index (κ3) is 5.17. The van der Waals surface area contributed by atoms with Crippen molar-refractivity contribution >= 4 is 46.7 Å². The number of halogens is 1. The number of ether oxygens (including phenoxy) is 1. The molecule has 35 heavy (non-hydrogen) atoms. The molecular formula is C24H22ClN3O7. The van der Waals surface area contributed by atoms with Crippen molar-refractivity contribution in [3.63, 3.8) is 0 Å². The second kappa shape index (κ2) is 10.2. The van der Waals surface area contributed by atoms with Gasteiger partial charge in [-0.1, -0.05) is 54.8 Å². The van der Waals surface area contributed by atoms with Gasteiger partial charge in [-0.05, 0) is 18.9 Å². The Balaban J connectivity index is 1.50. The van der Waals surface area contributed by atoms with E-state index in [0.29, 0.717) is 18.4 Å². The molecule has 2 aromatic carbocycles. The number of imide groups is 1. The Hall–Kier alpha value is -3.79. The van der Waals surface area contributed by atoms with E-state index in [2.05, 4.69) is 5.32 Å². The molecule has 2 aromatic rings. The minimum Gasteiger partial charge on any atom is -0.446 e. The summed E-state index contributed by atoms with van der Waals surface area (Å²) in [5.41, 5.74) is 0.192. The standard InChI is InChI=1S/C24H22ClN3O7/c25-18-12-15(28(33)34)10-11-19(18)26-22(30)21(14-6-2-1-3-7-14)35-20(29)13-27-23(31)16-8-4-5-9-17(16)24(27)32/h1-3,6-7,10-12,16-17,21H,4-5,8-9,13H2,(H,26,30). The average molecular weight is 500 g/mol. The normalized spacial score (nSPS) is 20.2. The molecule has 2 fully saturated rings. The molecule has 0 radical (unpaired) electrons. The van der Waals surface area contributed by atoms with Crippen molar-refractivity contribution in [2.24, 2.45) is 11.8 Å². The number of hydrogen-bond acceptors (Lipinski definition) is 7. The molecule has 0 spiro atoms. The Bertz CT molecular complexity index is 1160. The highest BCUT2D eigenvalue weighted by atomic mass is 35.5. The maximum absolute atomic E-state index is 13.1. The van der Waals surface area contributed by atoms with Crippen LogP contribution in [0.15, 0.2) is 48.5 Å². The van der Waals surface area contributed by atoms with E-state index in [1.165, 1.54) is 12.1 Å². The highest BCUT2D eigenvalue weighted by Crippen LogP contribution is 2.38. The number of benzene rings is 2. The number of anilines is 1. The van der Waals surface area contributed by atoms with E-state index in [4.69, 9.17) is 16.3 Å². The number of rotatable bonds is 7. The minimum atomic E-state index is -1.41. The van der Waals surface area contributed by atoms with Gasteiger partial charge in [0.15, 0.2) is 0 Å². The molecule has 3 amide bonds. The Morgan fingerprint density at radius 3 is 2.29 bits per heavy atom. The van der Waals surface area contributed by atoms with Crippen LogP contribution in [0.3, 0.4) is 0 Å². The summed E-state index contributed by atoms with van der Waals surface area (Å²) in [6.45, 7) is -0.584. The molecule has 2 aliphatic rings. The highest BCUT2D eigenvalue weighted by Gasteiger charge is 2.48. The number of fused-ring (bicyclic) bond motifs is 1. The lowest BCUT2D eigenvalue weighted by atomic mass is 9.81. The summed E-state index contributed by atoms with van der Waals surface area (Å²) < 4.78 is 5.44. The fourth-order valence-electron chi connectivity index (χ4n) is 4.50. The van der Waals surface area contributed by atoms with Crippen LogP contribution in [0.25, 0.3) is 0 Å². The monoisotopic (exact) mass is 499 g/mol. The Labute approximate surface area is 205 Å². The number of non-ortho nitro benzene ring substituents is 1. The zero-order chi connectivity index (χ0) is 25.1. The number of carbonyl (C=O) groups is 4. The number of amides is 3. The van der Waals surface area contributed by atoms with Gasteiger partial charge in [0, 0.05) is 17.7 Å². The van der Waals surface area contributed by atoms with Gasteiger partial charge >= 0.3 is 5.97 Å². The van der Waals surface area contributed by atoms with E-state index in [0.717, 1.165) is 23.8 Å². The lowest BCUT2D eigenvalue weighted by Gasteiger charge is -2.20. The molecule has 1 aliphatic carbocycles. The van der Waals surface area contributed by atoms with E-state index in [1.807, 2.05) is 0 Å². The van der Waals surface area contributed by atoms with Crippen molar-refractivity contribution in [1.29, 1.82) is 0 Å². The fourth-order valence-corrected chi connectivity index (χ4v) is 4.72. The number of carbonyl (C=O) groups excluding carboxylic acids is 4. The number of nitro benzene ring substituents is 1. The number of hydrogen-bond donors (Lipinski definition) is 1. The second-order valence-corrected chi connectivity index (χ2v) is 8.86. The number of nitrogens with one attached hydrogen (secondary N) is 1. The van der Waals surface area contributed by atoms with E-state index in [9.17, 15) is 29.3 Å². The summed E-state index contributed by atoms with van der Waals surface area (Å²) >= 11 is 6.07. The van der Waals surface area contributed by atoms with Gasteiger partial charge in [-0.3, -0.25) is 34.2 Å². The molecule has 3 atom stereocenters. The molecule has 10 nitrogen and oxygen atoms in total. The quantitative estimate of drug-likeness (QED) is 0.266. The first-order valence-electron chi connectivity index (χ1n) is 11.1. The van der Waals surface area contributed by atoms with E-state index in [-0.39, 0.29) is 28.2 Å². The Morgan fingerprint density at radius 2 is 1.71 bits per heavy atom. The van der Waals surface area contributed by atoms with Gasteiger partial charge in [0.2, 0.25) is 17.9 Å². The highest BCUT2D eigenvalue weighted by molar-refractivity contribution is 6.34. The van der Waals surface area contributed by atoms with Gasteiger partial charge in [0.05, 0.1) is 27.5 Å². The van der Waals surface area contributed by atoms with Gasteiger partial charge in [-0.25, -0.2) is 0 Å². The van der Waals surface area contributed by atoms with E-state index >= 15 is 0 Å². The third-order valence-corrected chi connectivity index (χ3v) is 6.54. The van der Waals surface area contributed by atoms with Gasteiger partial charge in [-0.2, -0.15) is 0 Å². The second-order valence-electron chi connectivity index (χ2n) is 8.45. The van der Waals surface area contributed by atoms with E-state index < -0.39 is 41.3 Å². The van der Waals surface area contributed by atoms with Crippen molar-refractivity contribution in [3.8, 4) is 0 Å². The number of nitrogens with zero attached hydrogens (tertiary/aromatic N) is 2. The SMILES string of the molecule is O=C(CN1C(=O)C2CCCCC2C1=O)OC(C(=O)Nc1ccc([N+](=O)[O-])cc1Cl)c1ccccc1. The van der Waals surface area contributed by atoms with Crippen molar-refractivity contribution in [3.05, 3.63) is 69.2 Å². The van der Waals surface area contributed by atoms with Gasteiger partial charge in [0.25, 0.3) is 11.6 Å². The molecule has 3 unspecified atom stereocenters. The van der Waals surface area contributed by atoms with Crippen LogP contribution in [0.5, 0.6) is 0 Å². The number of esters is 1. The summed E-state index contributed by atoms with van der Waals surface area (Å²) in [4.78, 5) is 62.4. The van der Waals surface area contributed by atoms with Crippen LogP contribution in [0, 0.1) is 22.0 Å². The lowest BCUT2D eigenvalue weighted by molar-refractivity contribution is -0.384. The Kier molecular flexibility index (Phi) is 7.11. The molecule has 0 aromatic heterocycles. The lowest BCUT2D eigenvalue weighted by Crippen LogP contribution is -2.38. The summed E-state index contributed by atoms with van der Waals surface area (Å²) in [6, 6.07) is 11.7. The van der Waals surface area contributed by atoms with Crippen molar-refractivity contribution in [1.82, 2.24) is 4.90 Å². The molecule has 1 saturated heterocycles. The van der Waals surface area contributed by atoms with Crippen molar-refractivity contribution in [2.75, 3.05) is 11.9 Å². The molecule has 1 N–H and O–H groups in total. The summed E-state index contributed by atoms with van der Waals surface area (Å²) in [5.74, 6) is -3.23. The fraction of sp³-hybridized carbons (Fsp3) is 0.333. The Morgan fingerprint density at radius 1 is 1.09 bits per heavy atom. The molecular weight excluding hydrogens is 478 g/mol. The van der Waals surface area contributed by atoms with Crippen LogP contribution in [-0.2, 0) is 23.9 Å². The zero-order valence-electron chi connectivity index (χ0n) is 18.5. The van der Waals surface area contributed by atoms with Gasteiger partial charge in [0.1, 0.15) is 6.54 Å². The molecule has 1 saturated carbocycles. The topological polar surface area (TPSA) is 136 Å². The molecule has 4 rings (SSSR count). The maximum atomic E-state index is 13.1. The molecule has 11 heteroatoms. The predicted octanol–water partition coefficient (Wildman–Crippen LogP) is 3.65. The van der Waals surface area contributed by atoms with E-state index in [1.54, 1.807) is 30.3 Å². The largest absolute Gasteiger partial charge is 0.446 e. The molecule has 0 bridgehead atoms. The summed E-state index contributed by atoms with van der Waals surface area (Å²) in [7, 11) is 0. The third-order valence-electron chi connectivity index (χ3n) is 6.23. The number of nitro groups is 1. The first-order valence-corrected chi connectivity index (χ1v) is 11.5. The molecule has 1 heterocycles. The van der Waals surface area contributed by atoms with Crippen LogP contribution < -0.4 is 5.32 Å². The van der Waals surface area contributed by atoms with Crippen molar-refractivity contribution in [2.45, 2.75) is 31.8 Å². The minimum absolute atomic E-state index is 0.0680.